The molecule has 0 bridgehead atoms. The molecule has 1 aliphatic heterocycles. The molecule has 8 N–H and O–H groups in total. The summed E-state index contributed by atoms with van der Waals surface area (Å²) in [6.45, 7) is 3.53. The molecule has 1 heterocycles. The van der Waals surface area contributed by atoms with Crippen LogP contribution in [0.1, 0.15) is 367 Å². The van der Waals surface area contributed by atoms with E-state index in [1.807, 2.05) is 0 Å². The molecule has 9 unspecified atom stereocenters. The normalized spacial score (nSPS) is 19.1. The summed E-state index contributed by atoms with van der Waals surface area (Å²) in [7, 11) is 0. The summed E-state index contributed by atoms with van der Waals surface area (Å²) in [5.74, 6) is -0.687. The second-order valence-corrected chi connectivity index (χ2v) is 25.3. The lowest BCUT2D eigenvalue weighted by Gasteiger charge is -2.40. The number of carbonyl (C=O) groups excluding carboxylic acids is 1. The monoisotopic (exact) mass is 1140 g/mol. The predicted molar refractivity (Wildman–Crippen MR) is 335 cm³/mol. The molecule has 1 fully saturated rings. The largest absolute Gasteiger partial charge is 0.394 e. The van der Waals surface area contributed by atoms with Crippen LogP contribution in [0.15, 0.2) is 0 Å². The Morgan fingerprint density at radius 2 is 0.650 bits per heavy atom. The van der Waals surface area contributed by atoms with Crippen LogP contribution < -0.4 is 5.32 Å². The molecule has 0 spiro atoms. The van der Waals surface area contributed by atoms with Gasteiger partial charge in [0.15, 0.2) is 6.29 Å². The minimum Gasteiger partial charge on any atom is -0.394 e. The van der Waals surface area contributed by atoms with Gasteiger partial charge in [-0.15, -0.1) is 0 Å². The average molecular weight is 1140 g/mol. The molecule has 0 radical (unpaired) electrons. The lowest BCUT2D eigenvalue weighted by atomic mass is 9.98. The van der Waals surface area contributed by atoms with Crippen molar-refractivity contribution < 1.29 is 50.0 Å². The maximum absolute atomic E-state index is 13.2. The fraction of sp³-hybridized carbons (Fsp3) is 0.986. The Kier molecular flexibility index (Phi) is 56.4. The van der Waals surface area contributed by atoms with Gasteiger partial charge in [-0.05, 0) is 12.8 Å². The lowest BCUT2D eigenvalue weighted by molar-refractivity contribution is -0.303. The van der Waals surface area contributed by atoms with Crippen molar-refractivity contribution in [2.45, 2.75) is 422 Å². The summed E-state index contributed by atoms with van der Waals surface area (Å²) in [6, 6.07) is -1.16. The van der Waals surface area contributed by atoms with Crippen LogP contribution in [0.25, 0.3) is 0 Å². The number of unbranched alkanes of at least 4 members (excludes halogenated alkanes) is 51. The molecule has 11 heteroatoms. The van der Waals surface area contributed by atoms with E-state index < -0.39 is 74.2 Å². The van der Waals surface area contributed by atoms with Gasteiger partial charge in [0.25, 0.3) is 0 Å². The maximum atomic E-state index is 13.2. The first-order valence-corrected chi connectivity index (χ1v) is 35.4. The van der Waals surface area contributed by atoms with Crippen LogP contribution in [0.2, 0.25) is 0 Å². The summed E-state index contributed by atoms with van der Waals surface area (Å²) in [6.07, 6.45) is 59.0. The zero-order valence-electron chi connectivity index (χ0n) is 52.9. The molecule has 1 aliphatic rings. The quantitative estimate of drug-likeness (QED) is 0.0272. The molecular weight excluding hydrogens is 1000 g/mol. The lowest BCUT2D eigenvalue weighted by Crippen LogP contribution is -2.60. The molecule has 1 amide bonds. The minimum absolute atomic E-state index is 0.268. The highest BCUT2D eigenvalue weighted by molar-refractivity contribution is 5.80. The SMILES string of the molecule is CCCCCCCCCCCCCCCCCCCCCCCCCCCCCCCCCCC(O)C(=O)NC(COC1OC(CO)C(O)C(O)C1O)C(O)C(O)CCCCCCCCCCCCCCCCCCCCCCC. The van der Waals surface area contributed by atoms with Crippen molar-refractivity contribution in [3.8, 4) is 0 Å². The van der Waals surface area contributed by atoms with Gasteiger partial charge in [0.1, 0.15) is 36.6 Å². The molecule has 0 aromatic heterocycles. The van der Waals surface area contributed by atoms with Crippen LogP contribution in [0.5, 0.6) is 0 Å². The Morgan fingerprint density at radius 3 is 0.925 bits per heavy atom. The zero-order chi connectivity index (χ0) is 58.2. The Labute approximate surface area is 494 Å². The second kappa shape index (κ2) is 58.5. The van der Waals surface area contributed by atoms with E-state index in [0.717, 1.165) is 38.5 Å². The van der Waals surface area contributed by atoms with Gasteiger partial charge in [0.2, 0.25) is 5.91 Å². The van der Waals surface area contributed by atoms with Gasteiger partial charge in [-0.2, -0.15) is 0 Å². The molecule has 11 nitrogen and oxygen atoms in total. The van der Waals surface area contributed by atoms with E-state index >= 15 is 0 Å². The summed E-state index contributed by atoms with van der Waals surface area (Å²) in [5.41, 5.74) is 0. The number of hydrogen-bond donors (Lipinski definition) is 8. The van der Waals surface area contributed by atoms with Gasteiger partial charge >= 0.3 is 0 Å². The number of ether oxygens (including phenoxy) is 2. The third-order valence-electron chi connectivity index (χ3n) is 17.7. The molecule has 0 aromatic rings. The summed E-state index contributed by atoms with van der Waals surface area (Å²) in [5, 5.41) is 76.5. The number of aliphatic hydroxyl groups excluding tert-OH is 7. The Bertz CT molecular complexity index is 1260. The maximum Gasteiger partial charge on any atom is 0.249 e. The van der Waals surface area contributed by atoms with Crippen molar-refractivity contribution in [2.24, 2.45) is 0 Å². The van der Waals surface area contributed by atoms with Crippen molar-refractivity contribution >= 4 is 5.91 Å². The van der Waals surface area contributed by atoms with E-state index in [1.54, 1.807) is 0 Å². The van der Waals surface area contributed by atoms with Gasteiger partial charge in [-0.1, -0.05) is 354 Å². The summed E-state index contributed by atoms with van der Waals surface area (Å²) < 4.78 is 11.2. The van der Waals surface area contributed by atoms with Crippen LogP contribution in [0.4, 0.5) is 0 Å². The first-order valence-electron chi connectivity index (χ1n) is 35.4. The molecule has 9 atom stereocenters. The van der Waals surface area contributed by atoms with Crippen LogP contribution in [0, 0.1) is 0 Å². The van der Waals surface area contributed by atoms with Gasteiger partial charge in [0, 0.05) is 0 Å². The van der Waals surface area contributed by atoms with Gasteiger partial charge < -0.3 is 50.5 Å². The van der Waals surface area contributed by atoms with Gasteiger partial charge in [-0.3, -0.25) is 4.79 Å². The first-order chi connectivity index (χ1) is 39.2. The molecule has 80 heavy (non-hydrogen) atoms. The number of nitrogens with one attached hydrogen (secondary N) is 1. The molecule has 478 valence electrons. The number of carbonyl (C=O) groups is 1. The molecule has 0 saturated carbocycles. The minimum atomic E-state index is -1.66. The standard InChI is InChI=1S/C69H137NO10/c1-3-5-7-9-11-13-15-17-19-21-23-25-26-27-28-29-30-31-32-33-34-35-37-39-41-43-45-47-49-51-53-55-57-62(73)68(78)70-60(59-79-69-67(77)66(76)65(75)63(58-71)80-69)64(74)61(72)56-54-52-50-48-46-44-42-40-38-36-24-22-20-18-16-14-12-10-8-6-4-2/h60-67,69,71-77H,3-59H2,1-2H3,(H,70,78). The van der Waals surface area contributed by atoms with Crippen molar-refractivity contribution in [1.29, 1.82) is 0 Å². The topological polar surface area (TPSA) is 189 Å². The van der Waals surface area contributed by atoms with E-state index in [0.29, 0.717) is 19.3 Å². The first kappa shape index (κ1) is 77.1. The van der Waals surface area contributed by atoms with E-state index in [1.165, 1.54) is 289 Å². The highest BCUT2D eigenvalue weighted by Crippen LogP contribution is 2.24. The van der Waals surface area contributed by atoms with Crippen LogP contribution >= 0.6 is 0 Å². The van der Waals surface area contributed by atoms with Gasteiger partial charge in [-0.25, -0.2) is 0 Å². The third kappa shape index (κ3) is 45.5. The fourth-order valence-corrected chi connectivity index (χ4v) is 12.0. The van der Waals surface area contributed by atoms with E-state index in [2.05, 4.69) is 19.2 Å². The predicted octanol–water partition coefficient (Wildman–Crippen LogP) is 16.9. The average Bonchev–Trinajstić information content (AvgIpc) is 3.46. The fourth-order valence-electron chi connectivity index (χ4n) is 12.0. The van der Waals surface area contributed by atoms with Gasteiger partial charge in [0.05, 0.1) is 25.4 Å². The molecule has 0 aliphatic carbocycles. The molecular formula is C69H137NO10. The van der Waals surface area contributed by atoms with Crippen molar-refractivity contribution in [3.05, 3.63) is 0 Å². The Balaban J connectivity index is 2.16. The van der Waals surface area contributed by atoms with Crippen molar-refractivity contribution in [3.63, 3.8) is 0 Å². The van der Waals surface area contributed by atoms with E-state index in [-0.39, 0.29) is 6.42 Å². The number of amides is 1. The Hall–Kier alpha value is -0.890. The highest BCUT2D eigenvalue weighted by atomic mass is 16.7. The smallest absolute Gasteiger partial charge is 0.249 e. The summed E-state index contributed by atoms with van der Waals surface area (Å²) >= 11 is 0. The van der Waals surface area contributed by atoms with Crippen molar-refractivity contribution in [2.75, 3.05) is 13.2 Å². The zero-order valence-corrected chi connectivity index (χ0v) is 52.9. The highest BCUT2D eigenvalue weighted by Gasteiger charge is 2.44. The van der Waals surface area contributed by atoms with Crippen LogP contribution in [0.3, 0.4) is 0 Å². The second-order valence-electron chi connectivity index (χ2n) is 25.3. The van der Waals surface area contributed by atoms with E-state index in [9.17, 15) is 40.5 Å². The molecule has 0 aromatic carbocycles. The van der Waals surface area contributed by atoms with E-state index in [4.69, 9.17) is 9.47 Å². The Morgan fingerprint density at radius 1 is 0.388 bits per heavy atom. The number of aliphatic hydroxyl groups is 7. The third-order valence-corrected chi connectivity index (χ3v) is 17.7. The van der Waals surface area contributed by atoms with Crippen LogP contribution in [-0.2, 0) is 14.3 Å². The number of rotatable bonds is 63. The van der Waals surface area contributed by atoms with Crippen molar-refractivity contribution in [1.82, 2.24) is 5.32 Å². The molecule has 1 saturated heterocycles. The summed E-state index contributed by atoms with van der Waals surface area (Å²) in [4.78, 5) is 13.2. The van der Waals surface area contributed by atoms with Crippen LogP contribution in [-0.4, -0.2) is 110 Å². The molecule has 1 rings (SSSR count). The number of hydrogen-bond acceptors (Lipinski definition) is 10.